The molecule has 6 nitrogen and oxygen atoms in total. The van der Waals surface area contributed by atoms with E-state index >= 15 is 0 Å². The van der Waals surface area contributed by atoms with Gasteiger partial charge in [0.1, 0.15) is 11.8 Å². The molecule has 0 unspecified atom stereocenters. The van der Waals surface area contributed by atoms with Gasteiger partial charge in [-0.2, -0.15) is 0 Å². The van der Waals surface area contributed by atoms with Crippen molar-refractivity contribution in [2.45, 2.75) is 33.7 Å². The lowest BCUT2D eigenvalue weighted by molar-refractivity contribution is -0.145. The molecule has 1 N–H and O–H groups in total. The molecule has 0 radical (unpaired) electrons. The molecule has 0 bridgehead atoms. The van der Waals surface area contributed by atoms with Gasteiger partial charge in [0.05, 0.1) is 12.7 Å². The van der Waals surface area contributed by atoms with E-state index in [1.807, 2.05) is 26.0 Å². The van der Waals surface area contributed by atoms with Crippen LogP contribution in [-0.4, -0.2) is 37.4 Å². The molecule has 6 heteroatoms. The Hall–Kier alpha value is -3.15. The molecule has 0 saturated carbocycles. The third-order valence-electron chi connectivity index (χ3n) is 4.60. The largest absolute Gasteiger partial charge is 0.496 e. The summed E-state index contributed by atoms with van der Waals surface area (Å²) in [6.45, 7) is 6.93. The van der Waals surface area contributed by atoms with Crippen molar-refractivity contribution in [3.63, 3.8) is 0 Å². The van der Waals surface area contributed by atoms with Crippen LogP contribution >= 0.6 is 0 Å². The number of para-hydroxylation sites is 1. The van der Waals surface area contributed by atoms with Crippen molar-refractivity contribution in [1.82, 2.24) is 5.32 Å². The minimum atomic E-state index is -0.890. The molecule has 0 fully saturated rings. The van der Waals surface area contributed by atoms with Gasteiger partial charge in [-0.15, -0.1) is 0 Å². The van der Waals surface area contributed by atoms with Crippen molar-refractivity contribution in [3.8, 4) is 5.75 Å². The van der Waals surface area contributed by atoms with Crippen LogP contribution in [0, 0.1) is 19.8 Å². The first kappa shape index (κ1) is 22.1. The molecule has 0 aliphatic rings. The summed E-state index contributed by atoms with van der Waals surface area (Å²) in [7, 11) is 1.47. The quantitative estimate of drug-likeness (QED) is 0.545. The molecule has 0 aliphatic heterocycles. The van der Waals surface area contributed by atoms with Gasteiger partial charge in [-0.3, -0.25) is 9.59 Å². The number of benzene rings is 2. The van der Waals surface area contributed by atoms with Gasteiger partial charge in [-0.05, 0) is 43.5 Å². The molecule has 0 aliphatic carbocycles. The van der Waals surface area contributed by atoms with Crippen molar-refractivity contribution >= 4 is 17.7 Å². The van der Waals surface area contributed by atoms with Crippen LogP contribution in [0.1, 0.15) is 45.7 Å². The average Bonchev–Trinajstić information content (AvgIpc) is 2.71. The Balaban J connectivity index is 2.06. The van der Waals surface area contributed by atoms with Gasteiger partial charge in [0, 0.05) is 5.56 Å². The maximum absolute atomic E-state index is 12.6. The Morgan fingerprint density at radius 3 is 2.34 bits per heavy atom. The molecule has 1 amide bonds. The number of amides is 1. The summed E-state index contributed by atoms with van der Waals surface area (Å²) in [5.74, 6) is -1.19. The molecular formula is C23H27NO5. The molecule has 2 aromatic carbocycles. The molecular weight excluding hydrogens is 370 g/mol. The molecule has 0 saturated heterocycles. The average molecular weight is 397 g/mol. The predicted molar refractivity (Wildman–Crippen MR) is 110 cm³/mol. The third kappa shape index (κ3) is 5.67. The summed E-state index contributed by atoms with van der Waals surface area (Å²) in [6.07, 6.45) is 0. The first-order chi connectivity index (χ1) is 13.7. The van der Waals surface area contributed by atoms with E-state index in [0.717, 1.165) is 11.1 Å². The lowest BCUT2D eigenvalue weighted by atomic mass is 10.0. The minimum absolute atomic E-state index is 0.225. The zero-order valence-corrected chi connectivity index (χ0v) is 17.4. The van der Waals surface area contributed by atoms with Gasteiger partial charge >= 0.3 is 5.97 Å². The number of aryl methyl sites for hydroxylation is 2. The summed E-state index contributed by atoms with van der Waals surface area (Å²) in [6, 6.07) is 11.4. The molecule has 0 aromatic heterocycles. The first-order valence-electron chi connectivity index (χ1n) is 9.45. The highest BCUT2D eigenvalue weighted by molar-refractivity contribution is 6.01. The molecule has 2 aromatic rings. The van der Waals surface area contributed by atoms with Crippen molar-refractivity contribution in [1.29, 1.82) is 0 Å². The van der Waals surface area contributed by atoms with Crippen LogP contribution in [0.4, 0.5) is 0 Å². The van der Waals surface area contributed by atoms with Crippen molar-refractivity contribution in [3.05, 3.63) is 64.7 Å². The van der Waals surface area contributed by atoms with E-state index < -0.39 is 17.9 Å². The third-order valence-corrected chi connectivity index (χ3v) is 4.60. The Bertz CT molecular complexity index is 904. The van der Waals surface area contributed by atoms with Gasteiger partial charge in [-0.25, -0.2) is 4.79 Å². The van der Waals surface area contributed by atoms with Crippen LogP contribution in [0.25, 0.3) is 0 Å². The lowest BCUT2D eigenvalue weighted by Crippen LogP contribution is -2.45. The summed E-state index contributed by atoms with van der Waals surface area (Å²) in [4.78, 5) is 37.7. The maximum atomic E-state index is 12.6. The van der Waals surface area contributed by atoms with E-state index in [-0.39, 0.29) is 18.3 Å². The molecule has 29 heavy (non-hydrogen) atoms. The van der Waals surface area contributed by atoms with E-state index in [2.05, 4.69) is 5.32 Å². The number of carbonyl (C=O) groups is 3. The Morgan fingerprint density at radius 2 is 1.69 bits per heavy atom. The zero-order chi connectivity index (χ0) is 21.6. The van der Waals surface area contributed by atoms with Crippen LogP contribution in [0.3, 0.4) is 0 Å². The highest BCUT2D eigenvalue weighted by Gasteiger charge is 2.28. The standard InChI is InChI=1S/C23H27NO5/c1-14(2)21(24-22(26)17-8-6-7-9-20(17)28-5)23(27)29-13-19(25)18-12-15(3)10-11-16(18)4/h6-12,14,21H,13H2,1-5H3,(H,24,26)/t21-/m0/s1. The molecule has 0 spiro atoms. The van der Waals surface area contributed by atoms with E-state index in [1.165, 1.54) is 7.11 Å². The highest BCUT2D eigenvalue weighted by atomic mass is 16.5. The number of nitrogens with one attached hydrogen (secondary N) is 1. The van der Waals surface area contributed by atoms with Gasteiger partial charge in [0.15, 0.2) is 6.61 Å². The van der Waals surface area contributed by atoms with Crippen LogP contribution < -0.4 is 10.1 Å². The van der Waals surface area contributed by atoms with Crippen molar-refractivity contribution < 1.29 is 23.9 Å². The number of ketones is 1. The second kappa shape index (κ2) is 9.87. The monoisotopic (exact) mass is 397 g/mol. The second-order valence-electron chi connectivity index (χ2n) is 7.24. The summed E-state index contributed by atoms with van der Waals surface area (Å²) in [5.41, 5.74) is 2.62. The van der Waals surface area contributed by atoms with Gasteiger partial charge in [0.2, 0.25) is 5.78 Å². The number of methoxy groups -OCH3 is 1. The Morgan fingerprint density at radius 1 is 1.00 bits per heavy atom. The predicted octanol–water partition coefficient (Wildman–Crippen LogP) is 3.49. The second-order valence-corrected chi connectivity index (χ2v) is 7.24. The van der Waals surface area contributed by atoms with Crippen LogP contribution in [0.15, 0.2) is 42.5 Å². The van der Waals surface area contributed by atoms with Gasteiger partial charge in [0.25, 0.3) is 5.91 Å². The molecule has 2 rings (SSSR count). The molecule has 0 heterocycles. The highest BCUT2D eigenvalue weighted by Crippen LogP contribution is 2.18. The Labute approximate surface area is 171 Å². The SMILES string of the molecule is COc1ccccc1C(=O)N[C@H](C(=O)OCC(=O)c1cc(C)ccc1C)C(C)C. The Kier molecular flexibility index (Phi) is 7.53. The van der Waals surface area contributed by atoms with Crippen molar-refractivity contribution in [2.75, 3.05) is 13.7 Å². The first-order valence-corrected chi connectivity index (χ1v) is 9.45. The number of rotatable bonds is 8. The van der Waals surface area contributed by atoms with E-state index in [1.54, 1.807) is 44.2 Å². The topological polar surface area (TPSA) is 81.7 Å². The fourth-order valence-corrected chi connectivity index (χ4v) is 2.89. The maximum Gasteiger partial charge on any atom is 0.329 e. The van der Waals surface area contributed by atoms with Crippen LogP contribution in [0.2, 0.25) is 0 Å². The number of hydrogen-bond acceptors (Lipinski definition) is 5. The van der Waals surface area contributed by atoms with Gasteiger partial charge < -0.3 is 14.8 Å². The summed E-state index contributed by atoms with van der Waals surface area (Å²) >= 11 is 0. The minimum Gasteiger partial charge on any atom is -0.496 e. The van der Waals surface area contributed by atoms with Crippen LogP contribution in [-0.2, 0) is 9.53 Å². The molecule has 1 atom stereocenters. The number of ether oxygens (including phenoxy) is 2. The van der Waals surface area contributed by atoms with Crippen molar-refractivity contribution in [2.24, 2.45) is 5.92 Å². The molecule has 154 valence electrons. The number of Topliss-reactive ketones (excluding diaryl/α,β-unsaturated/α-hetero) is 1. The number of hydrogen-bond donors (Lipinski definition) is 1. The number of esters is 1. The van der Waals surface area contributed by atoms with E-state index in [4.69, 9.17) is 9.47 Å². The van der Waals surface area contributed by atoms with Crippen LogP contribution in [0.5, 0.6) is 5.75 Å². The van der Waals surface area contributed by atoms with E-state index in [9.17, 15) is 14.4 Å². The fourth-order valence-electron chi connectivity index (χ4n) is 2.89. The van der Waals surface area contributed by atoms with E-state index in [0.29, 0.717) is 16.9 Å². The normalized spacial score (nSPS) is 11.7. The zero-order valence-electron chi connectivity index (χ0n) is 17.4. The number of carbonyl (C=O) groups excluding carboxylic acids is 3. The lowest BCUT2D eigenvalue weighted by Gasteiger charge is -2.21. The summed E-state index contributed by atoms with van der Waals surface area (Å²) < 4.78 is 10.4. The summed E-state index contributed by atoms with van der Waals surface area (Å²) in [5, 5.41) is 2.69. The van der Waals surface area contributed by atoms with Gasteiger partial charge in [-0.1, -0.05) is 43.7 Å². The fraction of sp³-hybridized carbons (Fsp3) is 0.348. The smallest absolute Gasteiger partial charge is 0.329 e.